The predicted molar refractivity (Wildman–Crippen MR) is 52.2 cm³/mol. The monoisotopic (exact) mass is 213 g/mol. The first-order valence-electron chi connectivity index (χ1n) is 5.06. The fourth-order valence-corrected chi connectivity index (χ4v) is 2.02. The van der Waals surface area contributed by atoms with Crippen LogP contribution < -0.4 is 0 Å². The van der Waals surface area contributed by atoms with E-state index in [-0.39, 0.29) is 18.4 Å². The number of hydrogen-bond acceptors (Lipinski definition) is 3. The van der Waals surface area contributed by atoms with Crippen LogP contribution in [0.2, 0.25) is 0 Å². The van der Waals surface area contributed by atoms with Crippen LogP contribution >= 0.6 is 0 Å². The van der Waals surface area contributed by atoms with E-state index < -0.39 is 11.9 Å². The molecule has 0 aromatic carbocycles. The van der Waals surface area contributed by atoms with Crippen LogP contribution in [0, 0.1) is 11.8 Å². The molecule has 2 atom stereocenters. The summed E-state index contributed by atoms with van der Waals surface area (Å²) in [4.78, 5) is 34.1. The van der Waals surface area contributed by atoms with Crippen LogP contribution in [-0.2, 0) is 14.4 Å². The largest absolute Gasteiger partial charge is 0.480 e. The maximum absolute atomic E-state index is 11.6. The van der Waals surface area contributed by atoms with Gasteiger partial charge in [0, 0.05) is 6.54 Å². The number of carboxylic acid groups (broad SMARTS) is 1. The molecule has 1 rings (SSSR count). The van der Waals surface area contributed by atoms with E-state index in [9.17, 15) is 14.4 Å². The van der Waals surface area contributed by atoms with Gasteiger partial charge in [-0.2, -0.15) is 0 Å². The topological polar surface area (TPSA) is 74.7 Å². The summed E-state index contributed by atoms with van der Waals surface area (Å²) >= 11 is 0. The van der Waals surface area contributed by atoms with Gasteiger partial charge in [-0.1, -0.05) is 13.3 Å². The molecule has 0 bridgehead atoms. The molecule has 1 aliphatic heterocycles. The van der Waals surface area contributed by atoms with Gasteiger partial charge in [0.25, 0.3) is 0 Å². The molecule has 5 heteroatoms. The molecule has 0 aromatic rings. The van der Waals surface area contributed by atoms with E-state index >= 15 is 0 Å². The molecule has 1 aliphatic rings. The number of aldehydes is 1. The van der Waals surface area contributed by atoms with Crippen molar-refractivity contribution in [2.45, 2.75) is 19.8 Å². The van der Waals surface area contributed by atoms with Gasteiger partial charge < -0.3 is 14.8 Å². The minimum atomic E-state index is -1.04. The zero-order valence-corrected chi connectivity index (χ0v) is 8.68. The lowest BCUT2D eigenvalue weighted by Gasteiger charge is -2.12. The number of carbonyl (C=O) groups is 3. The summed E-state index contributed by atoms with van der Waals surface area (Å²) in [5, 5.41) is 8.58. The smallest absolute Gasteiger partial charge is 0.323 e. The molecule has 0 saturated carbocycles. The number of rotatable bonds is 5. The van der Waals surface area contributed by atoms with Gasteiger partial charge in [-0.15, -0.1) is 0 Å². The Kier molecular flexibility index (Phi) is 3.82. The van der Waals surface area contributed by atoms with Crippen molar-refractivity contribution < 1.29 is 19.5 Å². The Bertz CT molecular complexity index is 277. The van der Waals surface area contributed by atoms with Gasteiger partial charge in [-0.3, -0.25) is 9.59 Å². The minimum absolute atomic E-state index is 0.0145. The SMILES string of the molecule is CCCC1CN(CC(=O)O)C(=O)C1C=O. The van der Waals surface area contributed by atoms with Crippen LogP contribution in [0.3, 0.4) is 0 Å². The van der Waals surface area contributed by atoms with E-state index in [1.807, 2.05) is 6.92 Å². The summed E-state index contributed by atoms with van der Waals surface area (Å²) in [5.74, 6) is -2.03. The molecule has 84 valence electrons. The van der Waals surface area contributed by atoms with Crippen LogP contribution in [0.15, 0.2) is 0 Å². The fourth-order valence-electron chi connectivity index (χ4n) is 2.02. The molecule has 0 aromatic heterocycles. The maximum Gasteiger partial charge on any atom is 0.323 e. The Morgan fingerprint density at radius 1 is 1.67 bits per heavy atom. The molecule has 2 unspecified atom stereocenters. The molecule has 15 heavy (non-hydrogen) atoms. The van der Waals surface area contributed by atoms with Gasteiger partial charge in [-0.25, -0.2) is 0 Å². The van der Waals surface area contributed by atoms with Gasteiger partial charge in [0.2, 0.25) is 5.91 Å². The highest BCUT2D eigenvalue weighted by Crippen LogP contribution is 2.26. The van der Waals surface area contributed by atoms with Crippen molar-refractivity contribution in [2.75, 3.05) is 13.1 Å². The first-order chi connectivity index (χ1) is 7.10. The number of amides is 1. The van der Waals surface area contributed by atoms with Gasteiger partial charge in [0.1, 0.15) is 12.8 Å². The molecule has 1 heterocycles. The van der Waals surface area contributed by atoms with Crippen molar-refractivity contribution in [2.24, 2.45) is 11.8 Å². The van der Waals surface area contributed by atoms with Gasteiger partial charge >= 0.3 is 5.97 Å². The quantitative estimate of drug-likeness (QED) is 0.521. The van der Waals surface area contributed by atoms with Crippen LogP contribution in [0.25, 0.3) is 0 Å². The third-order valence-electron chi connectivity index (χ3n) is 2.69. The normalized spacial score (nSPS) is 25.7. The summed E-state index contributed by atoms with van der Waals surface area (Å²) in [6, 6.07) is 0. The first kappa shape index (κ1) is 11.7. The van der Waals surface area contributed by atoms with E-state index in [1.54, 1.807) is 0 Å². The number of carboxylic acids is 1. The highest BCUT2D eigenvalue weighted by Gasteiger charge is 2.39. The standard InChI is InChI=1S/C10H15NO4/c1-2-3-7-4-11(5-9(13)14)10(15)8(7)6-12/h6-8H,2-5H2,1H3,(H,13,14). The molecule has 1 amide bonds. The summed E-state index contributed by atoms with van der Waals surface area (Å²) in [7, 11) is 0. The third-order valence-corrected chi connectivity index (χ3v) is 2.69. The van der Waals surface area contributed by atoms with E-state index in [0.29, 0.717) is 12.8 Å². The number of aliphatic carboxylic acids is 1. The van der Waals surface area contributed by atoms with Crippen LogP contribution in [0.4, 0.5) is 0 Å². The van der Waals surface area contributed by atoms with E-state index in [4.69, 9.17) is 5.11 Å². The number of hydrogen-bond donors (Lipinski definition) is 1. The molecular weight excluding hydrogens is 198 g/mol. The summed E-state index contributed by atoms with van der Waals surface area (Å²) in [6.45, 7) is 2.07. The second kappa shape index (κ2) is 4.91. The molecule has 5 nitrogen and oxygen atoms in total. The predicted octanol–water partition coefficient (Wildman–Crippen LogP) is 0.145. The average Bonchev–Trinajstić information content (AvgIpc) is 2.43. The van der Waals surface area contributed by atoms with E-state index in [1.165, 1.54) is 4.90 Å². The first-order valence-corrected chi connectivity index (χ1v) is 5.06. The van der Waals surface area contributed by atoms with Gasteiger partial charge in [0.05, 0.1) is 5.92 Å². The molecule has 1 saturated heterocycles. The zero-order valence-electron chi connectivity index (χ0n) is 8.68. The Labute approximate surface area is 88.1 Å². The Hall–Kier alpha value is -1.39. The number of nitrogens with zero attached hydrogens (tertiary/aromatic N) is 1. The average molecular weight is 213 g/mol. The van der Waals surface area contributed by atoms with Crippen molar-refractivity contribution in [1.29, 1.82) is 0 Å². The van der Waals surface area contributed by atoms with Crippen LogP contribution in [-0.4, -0.2) is 41.3 Å². The molecule has 1 N–H and O–H groups in total. The van der Waals surface area contributed by atoms with Crippen molar-refractivity contribution in [3.05, 3.63) is 0 Å². The summed E-state index contributed by atoms with van der Waals surface area (Å²) in [5.41, 5.74) is 0. The molecule has 0 spiro atoms. The lowest BCUT2D eigenvalue weighted by atomic mass is 9.93. The number of likely N-dealkylation sites (tertiary alicyclic amines) is 1. The Balaban J connectivity index is 2.68. The lowest BCUT2D eigenvalue weighted by Crippen LogP contribution is -2.32. The Morgan fingerprint density at radius 3 is 2.80 bits per heavy atom. The van der Waals surface area contributed by atoms with E-state index in [0.717, 1.165) is 12.8 Å². The van der Waals surface area contributed by atoms with Crippen molar-refractivity contribution in [3.8, 4) is 0 Å². The van der Waals surface area contributed by atoms with Gasteiger partial charge in [-0.05, 0) is 12.3 Å². The second-order valence-corrected chi connectivity index (χ2v) is 3.82. The van der Waals surface area contributed by atoms with Crippen molar-refractivity contribution in [1.82, 2.24) is 4.90 Å². The van der Waals surface area contributed by atoms with Crippen LogP contribution in [0.1, 0.15) is 19.8 Å². The summed E-state index contributed by atoms with van der Waals surface area (Å²) in [6.07, 6.45) is 2.32. The lowest BCUT2D eigenvalue weighted by molar-refractivity contribution is -0.144. The number of carbonyl (C=O) groups excluding carboxylic acids is 2. The maximum atomic E-state index is 11.6. The Morgan fingerprint density at radius 2 is 2.33 bits per heavy atom. The zero-order chi connectivity index (χ0) is 11.4. The second-order valence-electron chi connectivity index (χ2n) is 3.82. The highest BCUT2D eigenvalue weighted by atomic mass is 16.4. The van der Waals surface area contributed by atoms with Gasteiger partial charge in [0.15, 0.2) is 0 Å². The fraction of sp³-hybridized carbons (Fsp3) is 0.700. The molecular formula is C10H15NO4. The minimum Gasteiger partial charge on any atom is -0.480 e. The van der Waals surface area contributed by atoms with Crippen molar-refractivity contribution in [3.63, 3.8) is 0 Å². The van der Waals surface area contributed by atoms with Crippen LogP contribution in [0.5, 0.6) is 0 Å². The summed E-state index contributed by atoms with van der Waals surface area (Å²) < 4.78 is 0. The third kappa shape index (κ3) is 2.55. The molecule has 0 radical (unpaired) electrons. The molecule has 0 aliphatic carbocycles. The van der Waals surface area contributed by atoms with Crippen molar-refractivity contribution >= 4 is 18.2 Å². The molecule has 1 fully saturated rings. The van der Waals surface area contributed by atoms with E-state index in [2.05, 4.69) is 0 Å². The highest BCUT2D eigenvalue weighted by molar-refractivity contribution is 5.95.